The van der Waals surface area contributed by atoms with Crippen molar-refractivity contribution >= 4 is 5.97 Å². The van der Waals surface area contributed by atoms with Gasteiger partial charge in [0.25, 0.3) is 0 Å². The van der Waals surface area contributed by atoms with Crippen LogP contribution in [0.4, 0.5) is 0 Å². The smallest absolute Gasteiger partial charge is 0.309 e. The molecule has 1 unspecified atom stereocenters. The first-order valence-corrected chi connectivity index (χ1v) is 9.13. The van der Waals surface area contributed by atoms with Crippen LogP contribution < -0.4 is 0 Å². The molecule has 0 spiro atoms. The van der Waals surface area contributed by atoms with E-state index >= 15 is 0 Å². The normalized spacial score (nSPS) is 13.2. The third-order valence-corrected chi connectivity index (χ3v) is 3.89. The van der Waals surface area contributed by atoms with Crippen LogP contribution in [0.25, 0.3) is 0 Å². The molecule has 0 aliphatic rings. The van der Waals surface area contributed by atoms with Gasteiger partial charge >= 0.3 is 5.97 Å². The van der Waals surface area contributed by atoms with Crippen LogP contribution in [0.3, 0.4) is 0 Å². The summed E-state index contributed by atoms with van der Waals surface area (Å²) in [5.74, 6) is 0.0818. The minimum atomic E-state index is -0.358. The van der Waals surface area contributed by atoms with Crippen molar-refractivity contribution in [3.63, 3.8) is 0 Å². The van der Waals surface area contributed by atoms with Gasteiger partial charge in [-0.1, -0.05) is 71.6 Å². The number of hydrogen-bond donors (Lipinski definition) is 0. The third-order valence-electron chi connectivity index (χ3n) is 3.89. The van der Waals surface area contributed by atoms with Gasteiger partial charge in [-0.05, 0) is 33.6 Å². The summed E-state index contributed by atoms with van der Waals surface area (Å²) in [7, 11) is 0. The minimum absolute atomic E-state index is 0.00966. The van der Waals surface area contributed by atoms with Crippen molar-refractivity contribution in [3.8, 4) is 0 Å². The third kappa shape index (κ3) is 12.9. The van der Waals surface area contributed by atoms with E-state index in [0.717, 1.165) is 19.3 Å². The highest BCUT2D eigenvalue weighted by atomic mass is 16.6. The molecule has 1 atom stereocenters. The van der Waals surface area contributed by atoms with Gasteiger partial charge < -0.3 is 4.74 Å². The molecule has 2 heteroatoms. The molecule has 0 aliphatic carbocycles. The highest BCUT2D eigenvalue weighted by Gasteiger charge is 2.23. The van der Waals surface area contributed by atoms with E-state index in [-0.39, 0.29) is 17.5 Å². The van der Waals surface area contributed by atoms with E-state index in [1.165, 1.54) is 51.4 Å². The maximum absolute atomic E-state index is 12.0. The van der Waals surface area contributed by atoms with Crippen LogP contribution in [-0.2, 0) is 9.53 Å². The van der Waals surface area contributed by atoms with Crippen LogP contribution in [0.5, 0.6) is 0 Å². The van der Waals surface area contributed by atoms with Gasteiger partial charge in [0.1, 0.15) is 5.60 Å². The zero-order chi connectivity index (χ0) is 16.1. The van der Waals surface area contributed by atoms with Gasteiger partial charge in [0, 0.05) is 0 Å². The molecule has 0 rings (SSSR count). The van der Waals surface area contributed by atoms with Crippen molar-refractivity contribution in [2.24, 2.45) is 5.92 Å². The largest absolute Gasteiger partial charge is 0.460 e. The molecule has 2 nitrogen and oxygen atoms in total. The van der Waals surface area contributed by atoms with E-state index in [4.69, 9.17) is 4.74 Å². The van der Waals surface area contributed by atoms with Crippen LogP contribution in [0.2, 0.25) is 0 Å². The number of carbonyl (C=O) groups is 1. The van der Waals surface area contributed by atoms with E-state index < -0.39 is 0 Å². The first-order valence-electron chi connectivity index (χ1n) is 9.13. The van der Waals surface area contributed by atoms with E-state index in [2.05, 4.69) is 13.8 Å². The van der Waals surface area contributed by atoms with Crippen molar-refractivity contribution in [3.05, 3.63) is 0 Å². The zero-order valence-corrected chi connectivity index (χ0v) is 15.2. The molecular formula is C19H38O2. The molecule has 0 heterocycles. The molecule has 0 saturated heterocycles. The highest BCUT2D eigenvalue weighted by molar-refractivity contribution is 5.72. The monoisotopic (exact) mass is 298 g/mol. The molecule has 0 radical (unpaired) electrons. The first kappa shape index (κ1) is 20.5. The summed E-state index contributed by atoms with van der Waals surface area (Å²) >= 11 is 0. The SMILES string of the molecule is CCCCCCCCCCCC(CC)C(=O)OC(C)(C)C. The fourth-order valence-electron chi connectivity index (χ4n) is 2.58. The minimum Gasteiger partial charge on any atom is -0.460 e. The molecule has 0 aromatic rings. The summed E-state index contributed by atoms with van der Waals surface area (Å²) < 4.78 is 5.48. The molecule has 0 bridgehead atoms. The number of unbranched alkanes of at least 4 members (excludes halogenated alkanes) is 8. The van der Waals surface area contributed by atoms with Crippen molar-refractivity contribution in [2.45, 2.75) is 111 Å². The Balaban J connectivity index is 3.62. The van der Waals surface area contributed by atoms with Gasteiger partial charge in [0.2, 0.25) is 0 Å². The van der Waals surface area contributed by atoms with Crippen molar-refractivity contribution in [2.75, 3.05) is 0 Å². The summed E-state index contributed by atoms with van der Waals surface area (Å²) in [6, 6.07) is 0. The Kier molecular flexibility index (Phi) is 11.8. The first-order chi connectivity index (χ1) is 9.90. The Labute approximate surface area is 133 Å². The predicted molar refractivity (Wildman–Crippen MR) is 91.5 cm³/mol. The zero-order valence-electron chi connectivity index (χ0n) is 15.2. The Morgan fingerprint density at radius 1 is 0.857 bits per heavy atom. The molecule has 0 N–H and O–H groups in total. The summed E-state index contributed by atoms with van der Waals surface area (Å²) in [5, 5.41) is 0. The Bertz CT molecular complexity index is 253. The predicted octanol–water partition coefficient (Wildman–Crippen LogP) is 6.28. The summed E-state index contributed by atoms with van der Waals surface area (Å²) in [4.78, 5) is 12.0. The van der Waals surface area contributed by atoms with Crippen molar-refractivity contribution in [1.29, 1.82) is 0 Å². The maximum atomic E-state index is 12.0. The quantitative estimate of drug-likeness (QED) is 0.313. The second-order valence-corrected chi connectivity index (χ2v) is 7.26. The Morgan fingerprint density at radius 3 is 1.76 bits per heavy atom. The average molecular weight is 299 g/mol. The van der Waals surface area contributed by atoms with Crippen LogP contribution in [-0.4, -0.2) is 11.6 Å². The lowest BCUT2D eigenvalue weighted by atomic mass is 9.97. The maximum Gasteiger partial charge on any atom is 0.309 e. The van der Waals surface area contributed by atoms with Crippen LogP contribution in [0.1, 0.15) is 105 Å². The molecule has 0 aromatic heterocycles. The highest BCUT2D eigenvalue weighted by Crippen LogP contribution is 2.20. The molecule has 0 amide bonds. The van der Waals surface area contributed by atoms with E-state index in [1.54, 1.807) is 0 Å². The molecule has 0 aliphatic heterocycles. The summed E-state index contributed by atoms with van der Waals surface area (Å²) in [6.07, 6.45) is 13.8. The fourth-order valence-corrected chi connectivity index (χ4v) is 2.58. The van der Waals surface area contributed by atoms with Gasteiger partial charge in [-0.15, -0.1) is 0 Å². The van der Waals surface area contributed by atoms with E-state index in [1.807, 2.05) is 20.8 Å². The lowest BCUT2D eigenvalue weighted by Crippen LogP contribution is -2.28. The standard InChI is InChI=1S/C19H38O2/c1-6-8-9-10-11-12-13-14-15-16-17(7-2)18(20)21-19(3,4)5/h17H,6-16H2,1-5H3. The van der Waals surface area contributed by atoms with Crippen molar-refractivity contribution in [1.82, 2.24) is 0 Å². The molecule has 21 heavy (non-hydrogen) atoms. The molecule has 126 valence electrons. The number of carbonyl (C=O) groups excluding carboxylic acids is 1. The second kappa shape index (κ2) is 12.1. The average Bonchev–Trinajstić information content (AvgIpc) is 2.39. The van der Waals surface area contributed by atoms with Gasteiger partial charge in [-0.25, -0.2) is 0 Å². The van der Waals surface area contributed by atoms with Crippen LogP contribution in [0, 0.1) is 5.92 Å². The topological polar surface area (TPSA) is 26.3 Å². The number of esters is 1. The van der Waals surface area contributed by atoms with Gasteiger partial charge in [-0.3, -0.25) is 4.79 Å². The molecular weight excluding hydrogens is 260 g/mol. The van der Waals surface area contributed by atoms with Crippen LogP contribution in [0.15, 0.2) is 0 Å². The number of ether oxygens (including phenoxy) is 1. The van der Waals surface area contributed by atoms with Crippen LogP contribution >= 0.6 is 0 Å². The molecule has 0 fully saturated rings. The Morgan fingerprint density at radius 2 is 1.33 bits per heavy atom. The van der Waals surface area contributed by atoms with Gasteiger partial charge in [0.15, 0.2) is 0 Å². The fraction of sp³-hybridized carbons (Fsp3) is 0.947. The summed E-state index contributed by atoms with van der Waals surface area (Å²) in [6.45, 7) is 10.2. The lowest BCUT2D eigenvalue weighted by Gasteiger charge is -2.23. The van der Waals surface area contributed by atoms with E-state index in [0.29, 0.717) is 0 Å². The van der Waals surface area contributed by atoms with E-state index in [9.17, 15) is 4.79 Å². The molecule has 0 aromatic carbocycles. The van der Waals surface area contributed by atoms with Gasteiger partial charge in [-0.2, -0.15) is 0 Å². The number of rotatable bonds is 12. The van der Waals surface area contributed by atoms with Crippen molar-refractivity contribution < 1.29 is 9.53 Å². The Hall–Kier alpha value is -0.530. The molecule has 0 saturated carbocycles. The summed E-state index contributed by atoms with van der Waals surface area (Å²) in [5.41, 5.74) is -0.358. The van der Waals surface area contributed by atoms with Gasteiger partial charge in [0.05, 0.1) is 5.92 Å². The number of hydrogen-bond acceptors (Lipinski definition) is 2. The lowest BCUT2D eigenvalue weighted by molar-refractivity contribution is -0.160. The second-order valence-electron chi connectivity index (χ2n) is 7.26.